The van der Waals surface area contributed by atoms with E-state index in [-0.39, 0.29) is 29.3 Å². The van der Waals surface area contributed by atoms with Gasteiger partial charge in [-0.1, -0.05) is 0 Å². The molecular weight excluding hydrogens is 292 g/mol. The summed E-state index contributed by atoms with van der Waals surface area (Å²) >= 11 is 1.34. The monoisotopic (exact) mass is 306 g/mol. The van der Waals surface area contributed by atoms with Gasteiger partial charge in [0.1, 0.15) is 0 Å². The van der Waals surface area contributed by atoms with Crippen molar-refractivity contribution in [2.24, 2.45) is 11.8 Å². The van der Waals surface area contributed by atoms with Gasteiger partial charge in [-0.3, -0.25) is 9.59 Å². The highest BCUT2D eigenvalue weighted by Gasteiger charge is 2.49. The molecule has 0 saturated heterocycles. The zero-order chi connectivity index (χ0) is 15.1. The first-order chi connectivity index (χ1) is 10.0. The Labute approximate surface area is 125 Å². The number of esters is 1. The summed E-state index contributed by atoms with van der Waals surface area (Å²) in [4.78, 5) is 24.3. The normalized spacial score (nSPS) is 20.3. The first-order valence-electron chi connectivity index (χ1n) is 6.47. The van der Waals surface area contributed by atoms with Crippen molar-refractivity contribution in [3.63, 3.8) is 0 Å². The van der Waals surface area contributed by atoms with Crippen LogP contribution in [0.3, 0.4) is 0 Å². The Kier molecular flexibility index (Phi) is 3.33. The van der Waals surface area contributed by atoms with Gasteiger partial charge in [0.05, 0.1) is 25.0 Å². The number of phenolic OH excluding ortho intramolecular Hbond substituents is 1. The Morgan fingerprint density at radius 1 is 1.24 bits per heavy atom. The fraction of sp³-hybridized carbons (Fsp3) is 0.333. The average molecular weight is 306 g/mol. The van der Waals surface area contributed by atoms with Gasteiger partial charge in [-0.25, -0.2) is 0 Å². The second-order valence-corrected chi connectivity index (χ2v) is 6.09. The van der Waals surface area contributed by atoms with Crippen molar-refractivity contribution in [1.82, 2.24) is 0 Å². The fourth-order valence-corrected chi connectivity index (χ4v) is 3.50. The number of methoxy groups -OCH3 is 2. The summed E-state index contributed by atoms with van der Waals surface area (Å²) in [5, 5.41) is 10.5. The molecule has 1 aromatic carbocycles. The number of thiophene rings is 1. The molecule has 1 N–H and O–H groups in total. The third-order valence-electron chi connectivity index (χ3n) is 3.69. The van der Waals surface area contributed by atoms with Crippen LogP contribution < -0.4 is 4.74 Å². The van der Waals surface area contributed by atoms with Crippen molar-refractivity contribution in [3.05, 3.63) is 23.1 Å². The van der Waals surface area contributed by atoms with Gasteiger partial charge in [-0.2, -0.15) is 0 Å². The first-order valence-corrected chi connectivity index (χ1v) is 7.29. The molecule has 0 amide bonds. The summed E-state index contributed by atoms with van der Waals surface area (Å²) in [5.41, 5.74) is 0. The maximum atomic E-state index is 12.4. The van der Waals surface area contributed by atoms with Crippen LogP contribution in [0.2, 0.25) is 0 Å². The molecule has 21 heavy (non-hydrogen) atoms. The number of rotatable bonds is 4. The molecule has 6 heteroatoms. The Morgan fingerprint density at radius 3 is 2.67 bits per heavy atom. The van der Waals surface area contributed by atoms with Crippen LogP contribution in [0.5, 0.6) is 11.5 Å². The molecule has 3 rings (SSSR count). The summed E-state index contributed by atoms with van der Waals surface area (Å²) < 4.78 is 10.6. The number of fused-ring (bicyclic) bond motifs is 1. The molecule has 1 aliphatic carbocycles. The van der Waals surface area contributed by atoms with Gasteiger partial charge in [0.2, 0.25) is 0 Å². The molecule has 5 nitrogen and oxygen atoms in total. The number of ether oxygens (including phenoxy) is 2. The topological polar surface area (TPSA) is 72.8 Å². The van der Waals surface area contributed by atoms with E-state index in [1.165, 1.54) is 25.6 Å². The molecule has 1 heterocycles. The SMILES string of the molecule is COC(=O)[C@@H]1C[C@H]1C(=O)c1cc2cc(O)c(OC)cc2s1. The van der Waals surface area contributed by atoms with Crippen LogP contribution in [0.25, 0.3) is 10.1 Å². The van der Waals surface area contributed by atoms with Crippen molar-refractivity contribution in [1.29, 1.82) is 0 Å². The molecule has 1 aliphatic rings. The molecule has 110 valence electrons. The van der Waals surface area contributed by atoms with Crippen molar-refractivity contribution in [3.8, 4) is 11.5 Å². The lowest BCUT2D eigenvalue weighted by atomic mass is 10.1. The van der Waals surface area contributed by atoms with Gasteiger partial charge < -0.3 is 14.6 Å². The molecular formula is C15H14O5S. The van der Waals surface area contributed by atoms with Crippen LogP contribution in [-0.4, -0.2) is 31.1 Å². The highest BCUT2D eigenvalue weighted by atomic mass is 32.1. The minimum absolute atomic E-state index is 0.0370. The quantitative estimate of drug-likeness (QED) is 0.694. The highest BCUT2D eigenvalue weighted by Crippen LogP contribution is 2.44. The summed E-state index contributed by atoms with van der Waals surface area (Å²) in [6.07, 6.45) is 0.550. The summed E-state index contributed by atoms with van der Waals surface area (Å²) in [6.45, 7) is 0. The maximum Gasteiger partial charge on any atom is 0.309 e. The zero-order valence-corrected chi connectivity index (χ0v) is 12.4. The number of phenols is 1. The average Bonchev–Trinajstić information content (AvgIpc) is 3.18. The molecule has 0 radical (unpaired) electrons. The van der Waals surface area contributed by atoms with Crippen molar-refractivity contribution in [2.45, 2.75) is 6.42 Å². The number of benzene rings is 1. The summed E-state index contributed by atoms with van der Waals surface area (Å²) in [7, 11) is 2.81. The second kappa shape index (κ2) is 5.04. The minimum atomic E-state index is -0.325. The number of ketones is 1. The maximum absolute atomic E-state index is 12.4. The Morgan fingerprint density at radius 2 is 2.00 bits per heavy atom. The van der Waals surface area contributed by atoms with Crippen LogP contribution >= 0.6 is 11.3 Å². The molecule has 1 fully saturated rings. The van der Waals surface area contributed by atoms with E-state index in [0.717, 1.165) is 10.1 Å². The minimum Gasteiger partial charge on any atom is -0.504 e. The second-order valence-electron chi connectivity index (χ2n) is 5.01. The van der Waals surface area contributed by atoms with Gasteiger partial charge in [0.25, 0.3) is 0 Å². The number of aromatic hydroxyl groups is 1. The van der Waals surface area contributed by atoms with Crippen molar-refractivity contribution >= 4 is 33.2 Å². The van der Waals surface area contributed by atoms with Crippen LogP contribution in [0.15, 0.2) is 18.2 Å². The van der Waals surface area contributed by atoms with Gasteiger partial charge in [-0.15, -0.1) is 11.3 Å². The molecule has 1 aromatic heterocycles. The van der Waals surface area contributed by atoms with E-state index in [4.69, 9.17) is 4.74 Å². The fourth-order valence-electron chi connectivity index (χ4n) is 2.42. The molecule has 2 aromatic rings. The lowest BCUT2D eigenvalue weighted by Gasteiger charge is -2.01. The predicted octanol–water partition coefficient (Wildman–Crippen LogP) is 2.61. The van der Waals surface area contributed by atoms with Gasteiger partial charge in [0, 0.05) is 16.7 Å². The lowest BCUT2D eigenvalue weighted by Crippen LogP contribution is -2.09. The van der Waals surface area contributed by atoms with E-state index < -0.39 is 0 Å². The number of hydrogen-bond donors (Lipinski definition) is 1. The zero-order valence-electron chi connectivity index (χ0n) is 11.6. The Bertz CT molecular complexity index is 733. The number of carbonyl (C=O) groups is 2. The summed E-state index contributed by atoms with van der Waals surface area (Å²) in [6, 6.07) is 5.02. The van der Waals surface area contributed by atoms with Crippen LogP contribution in [0.4, 0.5) is 0 Å². The Hall–Kier alpha value is -2.08. The smallest absolute Gasteiger partial charge is 0.309 e. The Balaban J connectivity index is 1.88. The molecule has 0 spiro atoms. The third-order valence-corrected chi connectivity index (χ3v) is 4.80. The largest absolute Gasteiger partial charge is 0.504 e. The van der Waals surface area contributed by atoms with Gasteiger partial charge in [0.15, 0.2) is 17.3 Å². The molecule has 2 atom stereocenters. The molecule has 0 bridgehead atoms. The van der Waals surface area contributed by atoms with E-state index >= 15 is 0 Å². The molecule has 0 aliphatic heterocycles. The third kappa shape index (κ3) is 2.35. The van der Waals surface area contributed by atoms with Crippen LogP contribution in [0, 0.1) is 11.8 Å². The van der Waals surface area contributed by atoms with Crippen LogP contribution in [0.1, 0.15) is 16.1 Å². The van der Waals surface area contributed by atoms with Crippen LogP contribution in [-0.2, 0) is 9.53 Å². The van der Waals surface area contributed by atoms with Gasteiger partial charge in [-0.05, 0) is 23.9 Å². The van der Waals surface area contributed by atoms with Crippen molar-refractivity contribution in [2.75, 3.05) is 14.2 Å². The van der Waals surface area contributed by atoms with E-state index in [1.54, 1.807) is 18.2 Å². The predicted molar refractivity (Wildman–Crippen MR) is 78.0 cm³/mol. The number of carbonyl (C=O) groups excluding carboxylic acids is 2. The summed E-state index contributed by atoms with van der Waals surface area (Å²) in [5.74, 6) is -0.529. The highest BCUT2D eigenvalue weighted by molar-refractivity contribution is 7.20. The number of hydrogen-bond acceptors (Lipinski definition) is 6. The molecule has 1 saturated carbocycles. The lowest BCUT2D eigenvalue weighted by molar-refractivity contribution is -0.142. The van der Waals surface area contributed by atoms with E-state index in [2.05, 4.69) is 4.74 Å². The number of Topliss-reactive ketones (excluding diaryl/α,β-unsaturated/α-hetero) is 1. The van der Waals surface area contributed by atoms with E-state index in [9.17, 15) is 14.7 Å². The van der Waals surface area contributed by atoms with Crippen molar-refractivity contribution < 1.29 is 24.2 Å². The first kappa shape index (κ1) is 13.9. The standard InChI is InChI=1S/C15H14O5S/c1-19-11-6-12-7(3-10(11)16)4-13(21-12)14(17)8-5-9(8)15(18)20-2/h3-4,6,8-9,16H,5H2,1-2H3/t8-,9-/m1/s1. The van der Waals surface area contributed by atoms with Gasteiger partial charge >= 0.3 is 5.97 Å². The van der Waals surface area contributed by atoms with E-state index in [0.29, 0.717) is 17.0 Å². The molecule has 0 unspecified atom stereocenters. The van der Waals surface area contributed by atoms with E-state index in [1.807, 2.05) is 0 Å².